The number of cyclic esters (lactones) is 1. The smallest absolute Gasteiger partial charge is 0.408 e. The predicted molar refractivity (Wildman–Crippen MR) is 95.8 cm³/mol. The molecule has 7 heteroatoms. The van der Waals surface area contributed by atoms with Gasteiger partial charge in [0.25, 0.3) is 5.91 Å². The van der Waals surface area contributed by atoms with E-state index in [1.165, 1.54) is 0 Å². The molecule has 1 fully saturated rings. The number of ether oxygens (including phenoxy) is 1. The van der Waals surface area contributed by atoms with Gasteiger partial charge >= 0.3 is 6.09 Å². The Morgan fingerprint density at radius 2 is 1.56 bits per heavy atom. The SMILES string of the molecule is CC1(C(=O)NC(c2ccc(Cl)cc2)c2ccc(Cl)cc2)CNC(=O)O1. The molecule has 3 rings (SSSR count). The number of hydrogen-bond donors (Lipinski definition) is 2. The lowest BCUT2D eigenvalue weighted by molar-refractivity contribution is -0.135. The molecule has 0 aliphatic carbocycles. The van der Waals surface area contributed by atoms with Crippen LogP contribution in [0.3, 0.4) is 0 Å². The van der Waals surface area contributed by atoms with E-state index >= 15 is 0 Å². The van der Waals surface area contributed by atoms with Gasteiger partial charge in [0.05, 0.1) is 12.6 Å². The van der Waals surface area contributed by atoms with Gasteiger partial charge < -0.3 is 15.4 Å². The van der Waals surface area contributed by atoms with Gasteiger partial charge in [-0.3, -0.25) is 4.79 Å². The normalized spacial score (nSPS) is 19.4. The van der Waals surface area contributed by atoms with Crippen molar-refractivity contribution in [2.75, 3.05) is 6.54 Å². The predicted octanol–water partition coefficient (Wildman–Crippen LogP) is 3.70. The van der Waals surface area contributed by atoms with Crippen LogP contribution in [0.2, 0.25) is 10.0 Å². The van der Waals surface area contributed by atoms with Crippen molar-refractivity contribution in [2.24, 2.45) is 0 Å². The van der Waals surface area contributed by atoms with Gasteiger partial charge in [0.2, 0.25) is 5.60 Å². The molecule has 1 atom stereocenters. The van der Waals surface area contributed by atoms with Crippen LogP contribution >= 0.6 is 23.2 Å². The van der Waals surface area contributed by atoms with Crippen LogP contribution in [0.15, 0.2) is 48.5 Å². The van der Waals surface area contributed by atoms with Gasteiger partial charge in [0.1, 0.15) is 0 Å². The van der Waals surface area contributed by atoms with Gasteiger partial charge in [-0.2, -0.15) is 0 Å². The lowest BCUT2D eigenvalue weighted by atomic mass is 9.97. The molecule has 2 aromatic rings. The minimum absolute atomic E-state index is 0.117. The number of nitrogens with one attached hydrogen (secondary N) is 2. The Balaban J connectivity index is 1.91. The van der Waals surface area contributed by atoms with E-state index in [9.17, 15) is 9.59 Å². The molecule has 1 heterocycles. The zero-order valence-electron chi connectivity index (χ0n) is 13.4. The minimum atomic E-state index is -1.26. The number of carbonyl (C=O) groups is 2. The van der Waals surface area contributed by atoms with E-state index in [2.05, 4.69) is 10.6 Å². The highest BCUT2D eigenvalue weighted by Gasteiger charge is 2.43. The summed E-state index contributed by atoms with van der Waals surface area (Å²) in [4.78, 5) is 24.0. The van der Waals surface area contributed by atoms with Crippen LogP contribution in [0.5, 0.6) is 0 Å². The fourth-order valence-corrected chi connectivity index (χ4v) is 2.85. The topological polar surface area (TPSA) is 67.4 Å². The second-order valence-corrected chi connectivity index (χ2v) is 6.86. The molecule has 0 saturated carbocycles. The summed E-state index contributed by atoms with van der Waals surface area (Å²) in [6, 6.07) is 13.9. The molecule has 1 unspecified atom stereocenters. The fraction of sp³-hybridized carbons (Fsp3) is 0.222. The zero-order valence-corrected chi connectivity index (χ0v) is 14.9. The van der Waals surface area contributed by atoms with Crippen LogP contribution in [0.4, 0.5) is 4.79 Å². The standard InChI is InChI=1S/C18H16Cl2N2O3/c1-18(10-21-17(24)25-18)16(23)22-15(11-2-6-13(19)7-3-11)12-4-8-14(20)9-5-12/h2-9,15H,10H2,1H3,(H,21,24)(H,22,23). The van der Waals surface area contributed by atoms with Gasteiger partial charge in [-0.05, 0) is 42.3 Å². The van der Waals surface area contributed by atoms with E-state index in [4.69, 9.17) is 27.9 Å². The van der Waals surface area contributed by atoms with Crippen LogP contribution in [0, 0.1) is 0 Å². The molecule has 0 radical (unpaired) electrons. The fourth-order valence-electron chi connectivity index (χ4n) is 2.60. The molecule has 2 amide bonds. The van der Waals surface area contributed by atoms with E-state index in [1.54, 1.807) is 31.2 Å². The van der Waals surface area contributed by atoms with Gasteiger partial charge in [-0.25, -0.2) is 4.79 Å². The highest BCUT2D eigenvalue weighted by molar-refractivity contribution is 6.30. The largest absolute Gasteiger partial charge is 0.431 e. The van der Waals surface area contributed by atoms with Crippen molar-refractivity contribution in [3.05, 3.63) is 69.7 Å². The van der Waals surface area contributed by atoms with Crippen molar-refractivity contribution in [1.82, 2.24) is 10.6 Å². The molecule has 2 aromatic carbocycles. The number of halogens is 2. The van der Waals surface area contributed by atoms with Crippen molar-refractivity contribution >= 4 is 35.2 Å². The number of amides is 2. The monoisotopic (exact) mass is 378 g/mol. The van der Waals surface area contributed by atoms with Crippen LogP contribution in [-0.4, -0.2) is 24.1 Å². The number of rotatable bonds is 4. The summed E-state index contributed by atoms with van der Waals surface area (Å²) in [6.45, 7) is 1.69. The van der Waals surface area contributed by atoms with E-state index in [0.29, 0.717) is 10.0 Å². The first kappa shape index (κ1) is 17.6. The average molecular weight is 379 g/mol. The number of benzene rings is 2. The van der Waals surface area contributed by atoms with E-state index < -0.39 is 17.7 Å². The van der Waals surface area contributed by atoms with Crippen molar-refractivity contribution in [3.63, 3.8) is 0 Å². The Morgan fingerprint density at radius 1 is 1.08 bits per heavy atom. The molecule has 0 bridgehead atoms. The summed E-state index contributed by atoms with van der Waals surface area (Å²) in [7, 11) is 0. The van der Waals surface area contributed by atoms with E-state index in [0.717, 1.165) is 11.1 Å². The second kappa shape index (κ2) is 6.94. The van der Waals surface area contributed by atoms with Crippen molar-refractivity contribution < 1.29 is 14.3 Å². The van der Waals surface area contributed by atoms with Crippen molar-refractivity contribution in [2.45, 2.75) is 18.6 Å². The maximum Gasteiger partial charge on any atom is 0.408 e. The summed E-state index contributed by atoms with van der Waals surface area (Å²) in [6.07, 6.45) is -0.604. The van der Waals surface area contributed by atoms with Crippen LogP contribution < -0.4 is 10.6 Å². The summed E-state index contributed by atoms with van der Waals surface area (Å²) in [5, 5.41) is 6.66. The molecule has 2 N–H and O–H groups in total. The quantitative estimate of drug-likeness (QED) is 0.852. The number of hydrogen-bond acceptors (Lipinski definition) is 3. The highest BCUT2D eigenvalue weighted by Crippen LogP contribution is 2.26. The van der Waals surface area contributed by atoms with Gasteiger partial charge in [0.15, 0.2) is 0 Å². The molecule has 1 aliphatic heterocycles. The summed E-state index contributed by atoms with van der Waals surface area (Å²) < 4.78 is 5.12. The lowest BCUT2D eigenvalue weighted by Gasteiger charge is -2.26. The van der Waals surface area contributed by atoms with Gasteiger partial charge in [-0.1, -0.05) is 47.5 Å². The molecule has 25 heavy (non-hydrogen) atoms. The van der Waals surface area contributed by atoms with Gasteiger partial charge in [0, 0.05) is 10.0 Å². The van der Waals surface area contributed by atoms with Crippen LogP contribution in [-0.2, 0) is 9.53 Å². The molecule has 5 nitrogen and oxygen atoms in total. The first-order valence-corrected chi connectivity index (χ1v) is 8.42. The summed E-state index contributed by atoms with van der Waals surface area (Å²) in [5.41, 5.74) is 0.440. The van der Waals surface area contributed by atoms with Crippen LogP contribution in [0.1, 0.15) is 24.1 Å². The lowest BCUT2D eigenvalue weighted by Crippen LogP contribution is -2.48. The highest BCUT2D eigenvalue weighted by atomic mass is 35.5. The third-order valence-corrected chi connectivity index (χ3v) is 4.55. The average Bonchev–Trinajstić information content (AvgIpc) is 2.95. The Hall–Kier alpha value is -2.24. The third kappa shape index (κ3) is 3.89. The first-order valence-electron chi connectivity index (χ1n) is 7.66. The van der Waals surface area contributed by atoms with E-state index in [1.807, 2.05) is 24.3 Å². The zero-order chi connectivity index (χ0) is 18.0. The summed E-state index contributed by atoms with van der Waals surface area (Å²) >= 11 is 11.9. The molecule has 0 aromatic heterocycles. The minimum Gasteiger partial charge on any atom is -0.431 e. The summed E-state index contributed by atoms with van der Waals surface area (Å²) in [5.74, 6) is -0.388. The van der Waals surface area contributed by atoms with E-state index in [-0.39, 0.29) is 12.5 Å². The second-order valence-electron chi connectivity index (χ2n) is 5.98. The Labute approximate surface area is 155 Å². The Bertz CT molecular complexity index is 747. The molecule has 1 aliphatic rings. The van der Waals surface area contributed by atoms with Crippen molar-refractivity contribution in [1.29, 1.82) is 0 Å². The number of carbonyl (C=O) groups excluding carboxylic acids is 2. The van der Waals surface area contributed by atoms with Gasteiger partial charge in [-0.15, -0.1) is 0 Å². The molecule has 0 spiro atoms. The maximum atomic E-state index is 12.7. The first-order chi connectivity index (χ1) is 11.9. The molecule has 1 saturated heterocycles. The molecular weight excluding hydrogens is 363 g/mol. The number of alkyl carbamates (subject to hydrolysis) is 1. The van der Waals surface area contributed by atoms with Crippen molar-refractivity contribution in [3.8, 4) is 0 Å². The maximum absolute atomic E-state index is 12.7. The Kier molecular flexibility index (Phi) is 4.88. The third-order valence-electron chi connectivity index (χ3n) is 4.05. The van der Waals surface area contributed by atoms with Crippen LogP contribution in [0.25, 0.3) is 0 Å². The molecular formula is C18H16Cl2N2O3. The Morgan fingerprint density at radius 3 is 1.96 bits per heavy atom. The molecule has 130 valence electrons.